The van der Waals surface area contributed by atoms with Crippen LogP contribution in [-0.2, 0) is 6.42 Å². The Morgan fingerprint density at radius 3 is 2.70 bits per heavy atom. The zero-order valence-corrected chi connectivity index (χ0v) is 15.0. The number of aliphatic hydroxyl groups excluding tert-OH is 1. The number of benzene rings is 1. The van der Waals surface area contributed by atoms with Crippen LogP contribution in [0.5, 0.6) is 0 Å². The molecular formula is C19H26N2OS. The van der Waals surface area contributed by atoms with E-state index in [2.05, 4.69) is 30.1 Å². The number of aryl methyl sites for hydroxylation is 3. The van der Waals surface area contributed by atoms with E-state index < -0.39 is 6.10 Å². The quantitative estimate of drug-likeness (QED) is 0.759. The first-order chi connectivity index (χ1) is 11.0. The number of nitrogens with two attached hydrogens (primary N) is 1. The molecule has 3 N–H and O–H groups in total. The van der Waals surface area contributed by atoms with Crippen molar-refractivity contribution in [3.8, 4) is 0 Å². The van der Waals surface area contributed by atoms with Gasteiger partial charge in [0.2, 0.25) is 0 Å². The molecule has 1 unspecified atom stereocenters. The monoisotopic (exact) mass is 330 g/mol. The zero-order valence-electron chi connectivity index (χ0n) is 14.2. The molecule has 1 aromatic carbocycles. The summed E-state index contributed by atoms with van der Waals surface area (Å²) in [5.41, 5.74) is 10.8. The first-order valence-corrected chi connectivity index (χ1v) is 9.12. The van der Waals surface area contributed by atoms with Gasteiger partial charge in [0.25, 0.3) is 0 Å². The van der Waals surface area contributed by atoms with Crippen LogP contribution in [0.25, 0.3) is 0 Å². The second kappa shape index (κ2) is 8.48. The van der Waals surface area contributed by atoms with Crippen LogP contribution >= 0.6 is 11.8 Å². The first-order valence-electron chi connectivity index (χ1n) is 8.14. The molecule has 0 bridgehead atoms. The lowest BCUT2D eigenvalue weighted by Gasteiger charge is -2.17. The molecule has 3 nitrogen and oxygen atoms in total. The van der Waals surface area contributed by atoms with Crippen molar-refractivity contribution < 1.29 is 5.11 Å². The van der Waals surface area contributed by atoms with E-state index in [1.165, 1.54) is 0 Å². The molecule has 124 valence electrons. The van der Waals surface area contributed by atoms with E-state index in [4.69, 9.17) is 5.73 Å². The van der Waals surface area contributed by atoms with Gasteiger partial charge in [-0.15, -0.1) is 11.8 Å². The van der Waals surface area contributed by atoms with Crippen LogP contribution in [0.2, 0.25) is 0 Å². The van der Waals surface area contributed by atoms with Crippen LogP contribution in [-0.4, -0.2) is 22.4 Å². The standard InChI is InChI=1S/C19H26N2OS/c1-4-5-16-11-15(12-18(21-16)23-9-8-20)19(22)17-10-13(2)6-7-14(17)3/h6-7,10-12,19,22H,4-5,8-9,20H2,1-3H3. The van der Waals surface area contributed by atoms with Gasteiger partial charge in [0.15, 0.2) is 0 Å². The van der Waals surface area contributed by atoms with E-state index in [0.717, 1.165) is 51.6 Å². The highest BCUT2D eigenvalue weighted by Crippen LogP contribution is 2.29. The Bertz CT molecular complexity index is 658. The van der Waals surface area contributed by atoms with Gasteiger partial charge in [-0.05, 0) is 49.1 Å². The SMILES string of the molecule is CCCc1cc(C(O)c2cc(C)ccc2C)cc(SCCN)n1. The largest absolute Gasteiger partial charge is 0.384 e. The normalized spacial score (nSPS) is 12.4. The smallest absolute Gasteiger partial charge is 0.104 e. The Morgan fingerprint density at radius 2 is 2.00 bits per heavy atom. The molecule has 0 aliphatic heterocycles. The number of aliphatic hydroxyl groups is 1. The van der Waals surface area contributed by atoms with Crippen LogP contribution in [0.15, 0.2) is 35.4 Å². The van der Waals surface area contributed by atoms with Gasteiger partial charge in [-0.1, -0.05) is 37.1 Å². The second-order valence-electron chi connectivity index (χ2n) is 5.88. The van der Waals surface area contributed by atoms with E-state index in [1.54, 1.807) is 11.8 Å². The molecule has 0 amide bonds. The van der Waals surface area contributed by atoms with Crippen molar-refractivity contribution in [1.29, 1.82) is 0 Å². The number of thioether (sulfide) groups is 1. The fraction of sp³-hybridized carbons (Fsp3) is 0.421. The summed E-state index contributed by atoms with van der Waals surface area (Å²) in [6, 6.07) is 10.2. The van der Waals surface area contributed by atoms with Crippen molar-refractivity contribution in [2.24, 2.45) is 5.73 Å². The fourth-order valence-electron chi connectivity index (χ4n) is 2.60. The Balaban J connectivity index is 2.39. The van der Waals surface area contributed by atoms with Gasteiger partial charge in [-0.2, -0.15) is 0 Å². The van der Waals surface area contributed by atoms with Crippen molar-refractivity contribution in [3.63, 3.8) is 0 Å². The minimum absolute atomic E-state index is 0.620. The minimum atomic E-state index is -0.620. The Labute approximate surface area is 143 Å². The average molecular weight is 330 g/mol. The van der Waals surface area contributed by atoms with Crippen molar-refractivity contribution in [3.05, 3.63) is 58.3 Å². The van der Waals surface area contributed by atoms with Crippen LogP contribution in [0, 0.1) is 13.8 Å². The molecule has 0 saturated carbocycles. The zero-order chi connectivity index (χ0) is 16.8. The number of aromatic nitrogens is 1. The molecule has 0 saturated heterocycles. The molecule has 1 atom stereocenters. The highest BCUT2D eigenvalue weighted by molar-refractivity contribution is 7.99. The molecule has 0 radical (unpaired) electrons. The van der Waals surface area contributed by atoms with Crippen molar-refractivity contribution in [1.82, 2.24) is 4.98 Å². The lowest BCUT2D eigenvalue weighted by atomic mass is 9.96. The van der Waals surface area contributed by atoms with E-state index in [9.17, 15) is 5.11 Å². The summed E-state index contributed by atoms with van der Waals surface area (Å²) in [6.07, 6.45) is 1.34. The Hall–Kier alpha value is -1.36. The van der Waals surface area contributed by atoms with E-state index in [0.29, 0.717) is 6.54 Å². The number of nitrogens with zero attached hydrogens (tertiary/aromatic N) is 1. The molecule has 0 aliphatic rings. The lowest BCUT2D eigenvalue weighted by Crippen LogP contribution is -2.06. The summed E-state index contributed by atoms with van der Waals surface area (Å²) in [6.45, 7) is 6.85. The van der Waals surface area contributed by atoms with Crippen molar-refractivity contribution >= 4 is 11.8 Å². The third kappa shape index (κ3) is 4.80. The van der Waals surface area contributed by atoms with Gasteiger partial charge in [-0.25, -0.2) is 4.98 Å². The lowest BCUT2D eigenvalue weighted by molar-refractivity contribution is 0.219. The summed E-state index contributed by atoms with van der Waals surface area (Å²) in [5, 5.41) is 11.8. The number of rotatable bonds is 7. The van der Waals surface area contributed by atoms with Gasteiger partial charge in [0.05, 0.1) is 5.03 Å². The van der Waals surface area contributed by atoms with E-state index >= 15 is 0 Å². The maximum absolute atomic E-state index is 10.9. The van der Waals surface area contributed by atoms with Gasteiger partial charge in [-0.3, -0.25) is 0 Å². The number of pyridine rings is 1. The maximum atomic E-state index is 10.9. The van der Waals surface area contributed by atoms with Gasteiger partial charge in [0, 0.05) is 18.0 Å². The molecular weight excluding hydrogens is 304 g/mol. The van der Waals surface area contributed by atoms with E-state index in [-0.39, 0.29) is 0 Å². The molecule has 1 aromatic heterocycles. The van der Waals surface area contributed by atoms with E-state index in [1.807, 2.05) is 26.0 Å². The van der Waals surface area contributed by atoms with Crippen molar-refractivity contribution in [2.75, 3.05) is 12.3 Å². The maximum Gasteiger partial charge on any atom is 0.104 e. The van der Waals surface area contributed by atoms with Gasteiger partial charge < -0.3 is 10.8 Å². The summed E-state index contributed by atoms with van der Waals surface area (Å²) in [4.78, 5) is 4.67. The molecule has 23 heavy (non-hydrogen) atoms. The minimum Gasteiger partial charge on any atom is -0.384 e. The average Bonchev–Trinajstić information content (AvgIpc) is 2.54. The fourth-order valence-corrected chi connectivity index (χ4v) is 3.32. The topological polar surface area (TPSA) is 59.1 Å². The molecule has 2 aromatic rings. The molecule has 1 heterocycles. The number of hydrogen-bond donors (Lipinski definition) is 2. The predicted octanol–water partition coefficient (Wildman–Crippen LogP) is 3.78. The van der Waals surface area contributed by atoms with Crippen molar-refractivity contribution in [2.45, 2.75) is 44.7 Å². The van der Waals surface area contributed by atoms with Crippen LogP contribution in [0.3, 0.4) is 0 Å². The number of hydrogen-bond acceptors (Lipinski definition) is 4. The second-order valence-corrected chi connectivity index (χ2v) is 6.99. The first kappa shape index (κ1) is 18.0. The molecule has 2 rings (SSSR count). The Morgan fingerprint density at radius 1 is 1.22 bits per heavy atom. The molecule has 0 fully saturated rings. The highest BCUT2D eigenvalue weighted by Gasteiger charge is 2.15. The summed E-state index contributed by atoms with van der Waals surface area (Å²) in [5.74, 6) is 0.835. The third-order valence-electron chi connectivity index (χ3n) is 3.80. The van der Waals surface area contributed by atoms with Gasteiger partial charge >= 0.3 is 0 Å². The molecule has 0 spiro atoms. The molecule has 0 aliphatic carbocycles. The predicted molar refractivity (Wildman–Crippen MR) is 98.0 cm³/mol. The molecule has 4 heteroatoms. The van der Waals surface area contributed by atoms with Crippen LogP contribution < -0.4 is 5.73 Å². The summed E-state index contributed by atoms with van der Waals surface area (Å²) < 4.78 is 0. The van der Waals surface area contributed by atoms with Gasteiger partial charge in [0.1, 0.15) is 6.10 Å². The summed E-state index contributed by atoms with van der Waals surface area (Å²) in [7, 11) is 0. The third-order valence-corrected chi connectivity index (χ3v) is 4.74. The Kier molecular flexibility index (Phi) is 6.63. The van der Waals surface area contributed by atoms with Crippen LogP contribution in [0.1, 0.15) is 47.4 Å². The van der Waals surface area contributed by atoms with Crippen LogP contribution in [0.4, 0.5) is 0 Å². The summed E-state index contributed by atoms with van der Waals surface area (Å²) >= 11 is 1.65. The highest BCUT2D eigenvalue weighted by atomic mass is 32.2.